The van der Waals surface area contributed by atoms with Crippen LogP contribution in [0.15, 0.2) is 16.5 Å². The first-order chi connectivity index (χ1) is 7.58. The standard InChI is InChI=1S/C12H20N2O2/c1-4-10(8(2)3)14-12(15)11-6-5-9(7-13)16-11/h5-6,8,10H,4,7,13H2,1-3H3,(H,14,15). The van der Waals surface area contributed by atoms with Gasteiger partial charge >= 0.3 is 0 Å². The Morgan fingerprint density at radius 3 is 2.62 bits per heavy atom. The average Bonchev–Trinajstić information content (AvgIpc) is 2.73. The number of amides is 1. The molecule has 1 rings (SSSR count). The van der Waals surface area contributed by atoms with Gasteiger partial charge in [-0.25, -0.2) is 0 Å². The van der Waals surface area contributed by atoms with Gasteiger partial charge in [-0.15, -0.1) is 0 Å². The molecule has 1 aromatic heterocycles. The van der Waals surface area contributed by atoms with Crippen LogP contribution in [0.4, 0.5) is 0 Å². The summed E-state index contributed by atoms with van der Waals surface area (Å²) in [7, 11) is 0. The lowest BCUT2D eigenvalue weighted by Gasteiger charge is -2.19. The van der Waals surface area contributed by atoms with E-state index in [0.717, 1.165) is 6.42 Å². The molecule has 1 amide bonds. The van der Waals surface area contributed by atoms with E-state index in [1.54, 1.807) is 12.1 Å². The summed E-state index contributed by atoms with van der Waals surface area (Å²) in [5, 5.41) is 2.95. The molecule has 1 unspecified atom stereocenters. The maximum absolute atomic E-state index is 11.8. The van der Waals surface area contributed by atoms with Crippen LogP contribution in [-0.2, 0) is 6.54 Å². The molecule has 4 nitrogen and oxygen atoms in total. The fraction of sp³-hybridized carbons (Fsp3) is 0.583. The van der Waals surface area contributed by atoms with E-state index < -0.39 is 0 Å². The van der Waals surface area contributed by atoms with E-state index in [1.807, 2.05) is 0 Å². The van der Waals surface area contributed by atoms with Crippen LogP contribution in [0.2, 0.25) is 0 Å². The van der Waals surface area contributed by atoms with Crippen LogP contribution < -0.4 is 11.1 Å². The number of carbonyl (C=O) groups is 1. The van der Waals surface area contributed by atoms with Gasteiger partial charge in [-0.2, -0.15) is 0 Å². The number of nitrogens with two attached hydrogens (primary N) is 1. The van der Waals surface area contributed by atoms with Crippen LogP contribution >= 0.6 is 0 Å². The fourth-order valence-electron chi connectivity index (χ4n) is 1.59. The summed E-state index contributed by atoms with van der Waals surface area (Å²) in [5.41, 5.74) is 5.41. The van der Waals surface area contributed by atoms with Gasteiger partial charge in [0.1, 0.15) is 5.76 Å². The largest absolute Gasteiger partial charge is 0.455 e. The SMILES string of the molecule is CCC(NC(=O)c1ccc(CN)o1)C(C)C. The molecule has 0 aliphatic heterocycles. The topological polar surface area (TPSA) is 68.3 Å². The van der Waals surface area contributed by atoms with Gasteiger partial charge in [0, 0.05) is 6.04 Å². The van der Waals surface area contributed by atoms with Gasteiger partial charge in [0.25, 0.3) is 5.91 Å². The first-order valence-electron chi connectivity index (χ1n) is 5.68. The second-order valence-electron chi connectivity index (χ2n) is 4.20. The molecule has 1 heterocycles. The van der Waals surface area contributed by atoms with Gasteiger partial charge in [0.2, 0.25) is 0 Å². The van der Waals surface area contributed by atoms with Crippen LogP contribution in [0.5, 0.6) is 0 Å². The van der Waals surface area contributed by atoms with E-state index in [-0.39, 0.29) is 11.9 Å². The number of furan rings is 1. The molecular formula is C12H20N2O2. The predicted octanol–water partition coefficient (Wildman–Crippen LogP) is 1.90. The zero-order chi connectivity index (χ0) is 12.1. The molecule has 16 heavy (non-hydrogen) atoms. The van der Waals surface area contributed by atoms with E-state index in [2.05, 4.69) is 26.1 Å². The molecule has 0 saturated heterocycles. The maximum Gasteiger partial charge on any atom is 0.287 e. The normalized spacial score (nSPS) is 12.8. The number of rotatable bonds is 5. The van der Waals surface area contributed by atoms with Gasteiger partial charge in [-0.05, 0) is 24.5 Å². The van der Waals surface area contributed by atoms with Crippen LogP contribution in [0.25, 0.3) is 0 Å². The van der Waals surface area contributed by atoms with Crippen LogP contribution in [0.1, 0.15) is 43.5 Å². The second kappa shape index (κ2) is 5.70. The first kappa shape index (κ1) is 12.8. The number of hydrogen-bond acceptors (Lipinski definition) is 3. The van der Waals surface area contributed by atoms with Gasteiger partial charge < -0.3 is 15.5 Å². The average molecular weight is 224 g/mol. The van der Waals surface area contributed by atoms with Crippen molar-refractivity contribution in [3.63, 3.8) is 0 Å². The molecule has 0 radical (unpaired) electrons. The Hall–Kier alpha value is -1.29. The Morgan fingerprint density at radius 2 is 2.19 bits per heavy atom. The van der Waals surface area contributed by atoms with Crippen LogP contribution in [-0.4, -0.2) is 11.9 Å². The molecule has 0 aliphatic carbocycles. The van der Waals surface area contributed by atoms with Crippen molar-refractivity contribution >= 4 is 5.91 Å². The van der Waals surface area contributed by atoms with Crippen molar-refractivity contribution in [3.8, 4) is 0 Å². The molecule has 90 valence electrons. The Bertz CT molecular complexity index is 345. The smallest absolute Gasteiger partial charge is 0.287 e. The molecule has 4 heteroatoms. The molecule has 0 spiro atoms. The van der Waals surface area contributed by atoms with Gasteiger partial charge in [0.15, 0.2) is 5.76 Å². The molecule has 0 bridgehead atoms. The number of nitrogens with one attached hydrogen (secondary N) is 1. The second-order valence-corrected chi connectivity index (χ2v) is 4.20. The minimum Gasteiger partial charge on any atom is -0.455 e. The van der Waals surface area contributed by atoms with Gasteiger partial charge in [-0.1, -0.05) is 20.8 Å². The highest BCUT2D eigenvalue weighted by Crippen LogP contribution is 2.10. The van der Waals surface area contributed by atoms with E-state index >= 15 is 0 Å². The summed E-state index contributed by atoms with van der Waals surface area (Å²) in [6.07, 6.45) is 0.911. The van der Waals surface area contributed by atoms with E-state index in [1.165, 1.54) is 0 Å². The zero-order valence-electron chi connectivity index (χ0n) is 10.1. The Balaban J connectivity index is 2.64. The lowest BCUT2D eigenvalue weighted by Crippen LogP contribution is -2.37. The zero-order valence-corrected chi connectivity index (χ0v) is 10.1. The predicted molar refractivity (Wildman–Crippen MR) is 63.0 cm³/mol. The lowest BCUT2D eigenvalue weighted by molar-refractivity contribution is 0.0894. The Kier molecular flexibility index (Phi) is 4.55. The van der Waals surface area contributed by atoms with E-state index in [0.29, 0.717) is 24.0 Å². The van der Waals surface area contributed by atoms with Crippen molar-refractivity contribution in [3.05, 3.63) is 23.7 Å². The fourth-order valence-corrected chi connectivity index (χ4v) is 1.59. The van der Waals surface area contributed by atoms with Crippen molar-refractivity contribution in [2.75, 3.05) is 0 Å². The third kappa shape index (κ3) is 3.10. The molecule has 1 aromatic rings. The summed E-state index contributed by atoms with van der Waals surface area (Å²) < 4.78 is 5.28. The van der Waals surface area contributed by atoms with Crippen molar-refractivity contribution < 1.29 is 9.21 Å². The maximum atomic E-state index is 11.8. The Morgan fingerprint density at radius 1 is 1.50 bits per heavy atom. The van der Waals surface area contributed by atoms with Crippen LogP contribution in [0.3, 0.4) is 0 Å². The van der Waals surface area contributed by atoms with Crippen molar-refractivity contribution in [2.45, 2.75) is 39.8 Å². The summed E-state index contributed by atoms with van der Waals surface area (Å²) in [4.78, 5) is 11.8. The molecule has 0 aromatic carbocycles. The third-order valence-corrected chi connectivity index (χ3v) is 2.65. The van der Waals surface area contributed by atoms with E-state index in [4.69, 9.17) is 10.2 Å². The highest BCUT2D eigenvalue weighted by Gasteiger charge is 2.17. The highest BCUT2D eigenvalue weighted by atomic mass is 16.4. The third-order valence-electron chi connectivity index (χ3n) is 2.65. The minimum absolute atomic E-state index is 0.166. The van der Waals surface area contributed by atoms with Crippen molar-refractivity contribution in [1.29, 1.82) is 0 Å². The monoisotopic (exact) mass is 224 g/mol. The molecule has 3 N–H and O–H groups in total. The number of carbonyl (C=O) groups excluding carboxylic acids is 1. The van der Waals surface area contributed by atoms with E-state index in [9.17, 15) is 4.79 Å². The molecule has 1 atom stereocenters. The summed E-state index contributed by atoms with van der Waals surface area (Å²) >= 11 is 0. The minimum atomic E-state index is -0.166. The molecule has 0 saturated carbocycles. The van der Waals surface area contributed by atoms with Gasteiger partial charge in [0.05, 0.1) is 6.54 Å². The quantitative estimate of drug-likeness (QED) is 0.802. The summed E-state index contributed by atoms with van der Waals surface area (Å²) in [6.45, 7) is 6.54. The molecule has 0 fully saturated rings. The molecule has 0 aliphatic rings. The number of hydrogen-bond donors (Lipinski definition) is 2. The first-order valence-corrected chi connectivity index (χ1v) is 5.68. The molecular weight excluding hydrogens is 204 g/mol. The van der Waals surface area contributed by atoms with Crippen molar-refractivity contribution in [2.24, 2.45) is 11.7 Å². The van der Waals surface area contributed by atoms with Crippen molar-refractivity contribution in [1.82, 2.24) is 5.32 Å². The highest BCUT2D eigenvalue weighted by molar-refractivity contribution is 5.91. The summed E-state index contributed by atoms with van der Waals surface area (Å²) in [6, 6.07) is 3.56. The Labute approximate surface area is 96.2 Å². The summed E-state index contributed by atoms with van der Waals surface area (Å²) in [5.74, 6) is 1.21. The van der Waals surface area contributed by atoms with Gasteiger partial charge in [-0.3, -0.25) is 4.79 Å². The van der Waals surface area contributed by atoms with Crippen LogP contribution in [0, 0.1) is 5.92 Å². The lowest BCUT2D eigenvalue weighted by atomic mass is 10.0.